The lowest BCUT2D eigenvalue weighted by Crippen LogP contribution is -2.15. The molecule has 0 unspecified atom stereocenters. The molecule has 0 spiro atoms. The van der Waals surface area contributed by atoms with Crippen LogP contribution in [0.1, 0.15) is 32.1 Å². The molecule has 0 N–H and O–H groups in total. The molecule has 1 rings (SSSR count). The first kappa shape index (κ1) is 8.69. The molecule has 1 aliphatic carbocycles. The average molecular weight is 158 g/mol. The molecule has 0 aliphatic heterocycles. The normalized spacial score (nSPS) is 31.7. The molecule has 0 aromatic carbocycles. The second kappa shape index (κ2) is 4.47. The summed E-state index contributed by atoms with van der Waals surface area (Å²) >= 11 is 0. The standard InChI is InChI=1S/C9H15FO/c10-6-5-8-1-3-9(7-11)4-2-8/h7-9H,1-6H2. The quantitative estimate of drug-likeness (QED) is 0.576. The van der Waals surface area contributed by atoms with Gasteiger partial charge in [-0.05, 0) is 38.0 Å². The van der Waals surface area contributed by atoms with Crippen molar-refractivity contribution in [1.82, 2.24) is 0 Å². The van der Waals surface area contributed by atoms with E-state index in [1.807, 2.05) is 0 Å². The van der Waals surface area contributed by atoms with Gasteiger partial charge in [0.25, 0.3) is 0 Å². The molecule has 2 heteroatoms. The van der Waals surface area contributed by atoms with Gasteiger partial charge in [-0.25, -0.2) is 0 Å². The Bertz CT molecular complexity index is 117. The minimum atomic E-state index is -0.198. The molecule has 0 saturated heterocycles. The van der Waals surface area contributed by atoms with Crippen LogP contribution in [0.4, 0.5) is 4.39 Å². The third-order valence-corrected chi connectivity index (χ3v) is 2.60. The minimum Gasteiger partial charge on any atom is -0.303 e. The topological polar surface area (TPSA) is 17.1 Å². The highest BCUT2D eigenvalue weighted by molar-refractivity contribution is 5.53. The molecule has 0 heterocycles. The second-order valence-corrected chi connectivity index (χ2v) is 3.39. The predicted octanol–water partition coefficient (Wildman–Crippen LogP) is 2.35. The summed E-state index contributed by atoms with van der Waals surface area (Å²) < 4.78 is 11.9. The van der Waals surface area contributed by atoms with Crippen molar-refractivity contribution >= 4 is 6.29 Å². The van der Waals surface area contributed by atoms with Crippen molar-refractivity contribution in [2.24, 2.45) is 11.8 Å². The second-order valence-electron chi connectivity index (χ2n) is 3.39. The molecular weight excluding hydrogens is 143 g/mol. The largest absolute Gasteiger partial charge is 0.303 e. The molecule has 0 aromatic rings. The molecule has 1 saturated carbocycles. The fraction of sp³-hybridized carbons (Fsp3) is 0.889. The van der Waals surface area contributed by atoms with Crippen LogP contribution >= 0.6 is 0 Å². The van der Waals surface area contributed by atoms with Crippen molar-refractivity contribution in [3.8, 4) is 0 Å². The van der Waals surface area contributed by atoms with Crippen LogP contribution in [-0.2, 0) is 4.79 Å². The lowest BCUT2D eigenvalue weighted by molar-refractivity contribution is -0.112. The van der Waals surface area contributed by atoms with Gasteiger partial charge in [0, 0.05) is 5.92 Å². The Morgan fingerprint density at radius 3 is 2.36 bits per heavy atom. The third-order valence-electron chi connectivity index (χ3n) is 2.60. The molecule has 1 nitrogen and oxygen atoms in total. The number of hydrogen-bond acceptors (Lipinski definition) is 1. The molecule has 0 radical (unpaired) electrons. The van der Waals surface area contributed by atoms with Crippen molar-refractivity contribution < 1.29 is 9.18 Å². The molecule has 1 fully saturated rings. The SMILES string of the molecule is O=CC1CCC(CCF)CC1. The van der Waals surface area contributed by atoms with E-state index in [0.29, 0.717) is 12.3 Å². The zero-order valence-electron chi connectivity index (χ0n) is 6.76. The predicted molar refractivity (Wildman–Crippen MR) is 42.1 cm³/mol. The van der Waals surface area contributed by atoms with E-state index in [9.17, 15) is 9.18 Å². The number of alkyl halides is 1. The van der Waals surface area contributed by atoms with Gasteiger partial charge in [-0.3, -0.25) is 4.39 Å². The number of carbonyl (C=O) groups is 1. The zero-order chi connectivity index (χ0) is 8.10. The summed E-state index contributed by atoms with van der Waals surface area (Å²) in [7, 11) is 0. The fourth-order valence-electron chi connectivity index (χ4n) is 1.77. The van der Waals surface area contributed by atoms with E-state index >= 15 is 0 Å². The smallest absolute Gasteiger partial charge is 0.123 e. The summed E-state index contributed by atoms with van der Waals surface area (Å²) in [6.45, 7) is -0.198. The minimum absolute atomic E-state index is 0.198. The van der Waals surface area contributed by atoms with Crippen molar-refractivity contribution in [2.75, 3.05) is 6.67 Å². The number of halogens is 1. The van der Waals surface area contributed by atoms with E-state index < -0.39 is 0 Å². The first-order valence-corrected chi connectivity index (χ1v) is 4.38. The maximum absolute atomic E-state index is 11.9. The van der Waals surface area contributed by atoms with Crippen LogP contribution in [-0.4, -0.2) is 13.0 Å². The van der Waals surface area contributed by atoms with E-state index in [4.69, 9.17) is 0 Å². The van der Waals surface area contributed by atoms with E-state index in [2.05, 4.69) is 0 Å². The maximum Gasteiger partial charge on any atom is 0.123 e. The molecule has 64 valence electrons. The van der Waals surface area contributed by atoms with Crippen LogP contribution in [0.15, 0.2) is 0 Å². The highest BCUT2D eigenvalue weighted by Crippen LogP contribution is 2.29. The van der Waals surface area contributed by atoms with E-state index in [1.54, 1.807) is 0 Å². The molecule has 11 heavy (non-hydrogen) atoms. The Morgan fingerprint density at radius 2 is 1.91 bits per heavy atom. The van der Waals surface area contributed by atoms with Gasteiger partial charge < -0.3 is 4.79 Å². The first-order chi connectivity index (χ1) is 5.36. The highest BCUT2D eigenvalue weighted by atomic mass is 19.1. The molecule has 0 aromatic heterocycles. The Labute approximate surface area is 67.0 Å². The summed E-state index contributed by atoms with van der Waals surface area (Å²) in [5.41, 5.74) is 0. The number of hydrogen-bond donors (Lipinski definition) is 0. The third kappa shape index (κ3) is 2.60. The van der Waals surface area contributed by atoms with Crippen LogP contribution in [0.2, 0.25) is 0 Å². The van der Waals surface area contributed by atoms with Gasteiger partial charge in [0.1, 0.15) is 6.29 Å². The van der Waals surface area contributed by atoms with Crippen molar-refractivity contribution in [2.45, 2.75) is 32.1 Å². The number of aldehydes is 1. The molecular formula is C9H15FO. The lowest BCUT2D eigenvalue weighted by atomic mass is 9.81. The first-order valence-electron chi connectivity index (χ1n) is 4.38. The number of carbonyl (C=O) groups excluding carboxylic acids is 1. The van der Waals surface area contributed by atoms with Crippen molar-refractivity contribution in [3.63, 3.8) is 0 Å². The Hall–Kier alpha value is -0.400. The average Bonchev–Trinajstić information content (AvgIpc) is 2.07. The fourth-order valence-corrected chi connectivity index (χ4v) is 1.77. The van der Waals surface area contributed by atoms with Gasteiger partial charge in [-0.15, -0.1) is 0 Å². The zero-order valence-corrected chi connectivity index (χ0v) is 6.76. The summed E-state index contributed by atoms with van der Waals surface area (Å²) in [6.07, 6.45) is 5.81. The molecule has 0 bridgehead atoms. The van der Waals surface area contributed by atoms with Gasteiger partial charge in [0.2, 0.25) is 0 Å². The van der Waals surface area contributed by atoms with Gasteiger partial charge >= 0.3 is 0 Å². The van der Waals surface area contributed by atoms with E-state index in [1.165, 1.54) is 0 Å². The van der Waals surface area contributed by atoms with Crippen LogP contribution in [0.3, 0.4) is 0 Å². The summed E-state index contributed by atoms with van der Waals surface area (Å²) in [6, 6.07) is 0. The number of rotatable bonds is 3. The molecule has 1 aliphatic rings. The Kier molecular flexibility index (Phi) is 3.53. The van der Waals surface area contributed by atoms with E-state index in [-0.39, 0.29) is 12.6 Å². The van der Waals surface area contributed by atoms with E-state index in [0.717, 1.165) is 32.0 Å². The van der Waals surface area contributed by atoms with Gasteiger partial charge in [0.15, 0.2) is 0 Å². The van der Waals surface area contributed by atoms with Crippen LogP contribution in [0.25, 0.3) is 0 Å². The maximum atomic E-state index is 11.9. The summed E-state index contributed by atoms with van der Waals surface area (Å²) in [5.74, 6) is 0.821. The molecule has 0 amide bonds. The van der Waals surface area contributed by atoms with Gasteiger partial charge in [-0.2, -0.15) is 0 Å². The lowest BCUT2D eigenvalue weighted by Gasteiger charge is -2.24. The Balaban J connectivity index is 2.18. The monoisotopic (exact) mass is 158 g/mol. The Morgan fingerprint density at radius 1 is 1.27 bits per heavy atom. The van der Waals surface area contributed by atoms with Crippen LogP contribution in [0, 0.1) is 11.8 Å². The van der Waals surface area contributed by atoms with Crippen LogP contribution in [0.5, 0.6) is 0 Å². The van der Waals surface area contributed by atoms with Gasteiger partial charge in [-0.1, -0.05) is 0 Å². The van der Waals surface area contributed by atoms with Crippen molar-refractivity contribution in [1.29, 1.82) is 0 Å². The van der Waals surface area contributed by atoms with Gasteiger partial charge in [0.05, 0.1) is 6.67 Å². The highest BCUT2D eigenvalue weighted by Gasteiger charge is 2.19. The molecule has 0 atom stereocenters. The van der Waals surface area contributed by atoms with Crippen LogP contribution < -0.4 is 0 Å². The summed E-state index contributed by atoms with van der Waals surface area (Å²) in [4.78, 5) is 10.4. The summed E-state index contributed by atoms with van der Waals surface area (Å²) in [5, 5.41) is 0. The van der Waals surface area contributed by atoms with Crippen molar-refractivity contribution in [3.05, 3.63) is 0 Å².